The lowest BCUT2D eigenvalue weighted by Crippen LogP contribution is -2.17. The molecule has 0 aliphatic carbocycles. The number of rotatable bonds is 8. The van der Waals surface area contributed by atoms with E-state index in [0.29, 0.717) is 40.9 Å². The molecule has 3 aromatic carbocycles. The monoisotopic (exact) mass is 534 g/mol. The van der Waals surface area contributed by atoms with Gasteiger partial charge in [-0.1, -0.05) is 23.7 Å². The molecule has 0 aliphatic rings. The zero-order valence-corrected chi connectivity index (χ0v) is 19.2. The van der Waals surface area contributed by atoms with Crippen molar-refractivity contribution in [3.8, 4) is 11.5 Å². The van der Waals surface area contributed by atoms with Gasteiger partial charge in [-0.2, -0.15) is 5.10 Å². The molecule has 0 aliphatic heterocycles. The average molecular weight is 535 g/mol. The van der Waals surface area contributed by atoms with Gasteiger partial charge >= 0.3 is 0 Å². The van der Waals surface area contributed by atoms with Crippen LogP contribution < -0.4 is 14.9 Å². The third kappa shape index (κ3) is 6.47. The molecule has 154 valence electrons. The number of benzene rings is 3. The van der Waals surface area contributed by atoms with Crippen molar-refractivity contribution in [3.63, 3.8) is 0 Å². The van der Waals surface area contributed by atoms with Crippen molar-refractivity contribution in [2.75, 3.05) is 6.61 Å². The van der Waals surface area contributed by atoms with E-state index in [1.165, 1.54) is 9.78 Å². The summed E-state index contributed by atoms with van der Waals surface area (Å²) in [5, 5.41) is 4.60. The van der Waals surface area contributed by atoms with Gasteiger partial charge in [0.05, 0.1) is 12.8 Å². The van der Waals surface area contributed by atoms with Crippen molar-refractivity contribution < 1.29 is 14.3 Å². The topological polar surface area (TPSA) is 59.9 Å². The van der Waals surface area contributed by atoms with E-state index in [0.717, 1.165) is 5.56 Å². The number of carbonyl (C=O) groups is 1. The largest absolute Gasteiger partial charge is 0.494 e. The van der Waals surface area contributed by atoms with Crippen molar-refractivity contribution >= 4 is 46.3 Å². The van der Waals surface area contributed by atoms with Crippen LogP contribution in [0.2, 0.25) is 5.02 Å². The lowest BCUT2D eigenvalue weighted by molar-refractivity contribution is 0.0955. The van der Waals surface area contributed by atoms with Crippen LogP contribution in [0.25, 0.3) is 0 Å². The lowest BCUT2D eigenvalue weighted by Gasteiger charge is -2.10. The van der Waals surface area contributed by atoms with Crippen molar-refractivity contribution in [3.05, 3.63) is 92.0 Å². The predicted octanol–water partition coefficient (Wildman–Crippen LogP) is 5.69. The summed E-state index contributed by atoms with van der Waals surface area (Å²) < 4.78 is 12.5. The maximum Gasteiger partial charge on any atom is 0.271 e. The van der Waals surface area contributed by atoms with E-state index >= 15 is 0 Å². The first-order valence-corrected chi connectivity index (χ1v) is 10.7. The van der Waals surface area contributed by atoms with Gasteiger partial charge in [0.15, 0.2) is 0 Å². The fourth-order valence-electron chi connectivity index (χ4n) is 2.59. The Bertz CT molecular complexity index is 1020. The molecule has 0 saturated heterocycles. The van der Waals surface area contributed by atoms with Gasteiger partial charge in [0, 0.05) is 19.7 Å². The van der Waals surface area contributed by atoms with E-state index < -0.39 is 0 Å². The molecule has 7 heteroatoms. The molecule has 0 radical (unpaired) electrons. The summed E-state index contributed by atoms with van der Waals surface area (Å²) in [6.07, 6.45) is 1.52. The van der Waals surface area contributed by atoms with Crippen molar-refractivity contribution in [2.24, 2.45) is 5.10 Å². The van der Waals surface area contributed by atoms with Gasteiger partial charge in [0.2, 0.25) is 0 Å². The quantitative estimate of drug-likeness (QED) is 0.230. The summed E-state index contributed by atoms with van der Waals surface area (Å²) in [6.45, 7) is 2.89. The maximum absolute atomic E-state index is 12.3. The Balaban J connectivity index is 1.64. The Labute approximate surface area is 194 Å². The molecule has 0 saturated carbocycles. The van der Waals surface area contributed by atoms with Crippen LogP contribution in [0.1, 0.15) is 28.4 Å². The van der Waals surface area contributed by atoms with Gasteiger partial charge < -0.3 is 9.47 Å². The highest BCUT2D eigenvalue weighted by atomic mass is 127. The van der Waals surface area contributed by atoms with E-state index in [2.05, 4.69) is 33.1 Å². The van der Waals surface area contributed by atoms with E-state index in [1.807, 2.05) is 31.2 Å². The van der Waals surface area contributed by atoms with E-state index in [9.17, 15) is 4.79 Å². The molecule has 0 fully saturated rings. The number of nitrogens with zero attached hydrogens (tertiary/aromatic N) is 1. The molecule has 0 aromatic heterocycles. The standard InChI is InChI=1S/C23H20ClIN2O3/c1-2-29-21-10-5-17(6-11-21)23(28)27-26-14-18-13-19(24)7-12-22(18)30-15-16-3-8-20(25)9-4-16/h3-14H,2,15H2,1H3,(H,27,28)/b26-14+. The SMILES string of the molecule is CCOc1ccc(C(=O)N/N=C/c2cc(Cl)ccc2OCc2ccc(I)cc2)cc1. The van der Waals surface area contributed by atoms with Crippen LogP contribution in [0.5, 0.6) is 11.5 Å². The molecule has 0 bridgehead atoms. The summed E-state index contributed by atoms with van der Waals surface area (Å²) in [7, 11) is 0. The molecule has 0 unspecified atom stereocenters. The van der Waals surface area contributed by atoms with Crippen LogP contribution in [0.4, 0.5) is 0 Å². The molecule has 1 amide bonds. The minimum Gasteiger partial charge on any atom is -0.494 e. The highest BCUT2D eigenvalue weighted by molar-refractivity contribution is 14.1. The molecule has 0 atom stereocenters. The van der Waals surface area contributed by atoms with E-state index in [1.54, 1.807) is 42.5 Å². The minimum absolute atomic E-state index is 0.322. The van der Waals surface area contributed by atoms with E-state index in [-0.39, 0.29) is 5.91 Å². The Kier molecular flexibility index (Phi) is 8.10. The van der Waals surface area contributed by atoms with Gasteiger partial charge in [-0.15, -0.1) is 0 Å². The summed E-state index contributed by atoms with van der Waals surface area (Å²) in [5.74, 6) is 1.01. The van der Waals surface area contributed by atoms with Crippen LogP contribution in [-0.2, 0) is 6.61 Å². The Morgan fingerprint density at radius 1 is 1.07 bits per heavy atom. The second-order valence-electron chi connectivity index (χ2n) is 6.25. The number of ether oxygens (including phenoxy) is 2. The molecule has 30 heavy (non-hydrogen) atoms. The molecule has 3 rings (SSSR count). The highest BCUT2D eigenvalue weighted by Crippen LogP contribution is 2.22. The molecule has 5 nitrogen and oxygen atoms in total. The van der Waals surface area contributed by atoms with Crippen LogP contribution in [0.3, 0.4) is 0 Å². The molecule has 3 aromatic rings. The Morgan fingerprint density at radius 3 is 2.50 bits per heavy atom. The van der Waals surface area contributed by atoms with E-state index in [4.69, 9.17) is 21.1 Å². The summed E-state index contributed by atoms with van der Waals surface area (Å²) in [4.78, 5) is 12.3. The number of carbonyl (C=O) groups excluding carboxylic acids is 1. The smallest absolute Gasteiger partial charge is 0.271 e. The van der Waals surface area contributed by atoms with Gasteiger partial charge in [0.1, 0.15) is 18.1 Å². The predicted molar refractivity (Wildman–Crippen MR) is 128 cm³/mol. The number of amides is 1. The zero-order valence-electron chi connectivity index (χ0n) is 16.3. The third-order valence-electron chi connectivity index (χ3n) is 4.08. The first-order valence-electron chi connectivity index (χ1n) is 9.28. The summed E-state index contributed by atoms with van der Waals surface area (Å²) >= 11 is 8.37. The van der Waals surface area contributed by atoms with Crippen LogP contribution in [0, 0.1) is 3.57 Å². The fourth-order valence-corrected chi connectivity index (χ4v) is 3.13. The lowest BCUT2D eigenvalue weighted by atomic mass is 10.2. The number of hydrogen-bond donors (Lipinski definition) is 1. The van der Waals surface area contributed by atoms with Gasteiger partial charge in [-0.05, 0) is 89.7 Å². The van der Waals surface area contributed by atoms with Gasteiger partial charge in [-0.25, -0.2) is 5.43 Å². The molecular weight excluding hydrogens is 515 g/mol. The van der Waals surface area contributed by atoms with Gasteiger partial charge in [-0.3, -0.25) is 4.79 Å². The number of hydrogen-bond acceptors (Lipinski definition) is 4. The fraction of sp³-hybridized carbons (Fsp3) is 0.130. The average Bonchev–Trinajstić information content (AvgIpc) is 2.75. The molecule has 0 spiro atoms. The van der Waals surface area contributed by atoms with Crippen LogP contribution >= 0.6 is 34.2 Å². The maximum atomic E-state index is 12.3. The molecular formula is C23H20ClIN2O3. The van der Waals surface area contributed by atoms with Crippen LogP contribution in [-0.4, -0.2) is 18.7 Å². The van der Waals surface area contributed by atoms with Crippen molar-refractivity contribution in [2.45, 2.75) is 13.5 Å². The van der Waals surface area contributed by atoms with Crippen molar-refractivity contribution in [1.29, 1.82) is 0 Å². The Hall–Kier alpha value is -2.58. The number of halogens is 2. The second-order valence-corrected chi connectivity index (χ2v) is 7.94. The summed E-state index contributed by atoms with van der Waals surface area (Å²) in [5.41, 5.74) is 4.72. The van der Waals surface area contributed by atoms with Gasteiger partial charge in [0.25, 0.3) is 5.91 Å². The highest BCUT2D eigenvalue weighted by Gasteiger charge is 2.06. The van der Waals surface area contributed by atoms with Crippen LogP contribution in [0.15, 0.2) is 71.8 Å². The second kappa shape index (κ2) is 11.0. The Morgan fingerprint density at radius 2 is 1.80 bits per heavy atom. The minimum atomic E-state index is -0.322. The van der Waals surface area contributed by atoms with Crippen molar-refractivity contribution in [1.82, 2.24) is 5.43 Å². The summed E-state index contributed by atoms with van der Waals surface area (Å²) in [6, 6.07) is 20.2. The first kappa shape index (κ1) is 22.1. The number of hydrazone groups is 1. The molecule has 1 N–H and O–H groups in total. The third-order valence-corrected chi connectivity index (χ3v) is 5.03. The zero-order chi connectivity index (χ0) is 21.3. The normalized spacial score (nSPS) is 10.8. The number of nitrogens with one attached hydrogen (secondary N) is 1. The molecule has 0 heterocycles. The first-order chi connectivity index (χ1) is 14.5.